The Morgan fingerprint density at radius 2 is 1.70 bits per heavy atom. The number of rotatable bonds is 7. The smallest absolute Gasteiger partial charge is 0.343 e. The van der Waals surface area contributed by atoms with Crippen LogP contribution in [0.15, 0.2) is 30.3 Å². The maximum Gasteiger partial charge on any atom is 0.403 e. The Balaban J connectivity index is 1.63. The molecule has 13 heteroatoms. The van der Waals surface area contributed by atoms with Crippen molar-refractivity contribution < 1.29 is 45.1 Å². The van der Waals surface area contributed by atoms with Gasteiger partial charge in [0, 0.05) is 24.1 Å². The second kappa shape index (κ2) is 10.7. The summed E-state index contributed by atoms with van der Waals surface area (Å²) in [6, 6.07) is 1.53. The number of hydrogen-bond donors (Lipinski definition) is 2. The second-order valence-electron chi connectivity index (χ2n) is 10.3. The summed E-state index contributed by atoms with van der Waals surface area (Å²) in [6.45, 7) is 2.97. The predicted octanol–water partition coefficient (Wildman–Crippen LogP) is 4.49. The van der Waals surface area contributed by atoms with Crippen LogP contribution in [0.1, 0.15) is 44.2 Å². The first kappa shape index (κ1) is 29.3. The Morgan fingerprint density at radius 3 is 2.27 bits per heavy atom. The molecule has 0 radical (unpaired) electrons. The SMILES string of the molecule is CC(C)N1C(=O)[C@H](NC(=O)[C@@H](Cc2ccccc2F)NC(=O)C2(C(F)(F)F)CC2)CCc2c(F)c(F)cc(F)c21. The molecule has 1 fully saturated rings. The lowest BCUT2D eigenvalue weighted by atomic mass is 10.0. The molecule has 0 bridgehead atoms. The molecule has 3 amide bonds. The summed E-state index contributed by atoms with van der Waals surface area (Å²) in [5, 5.41) is 4.42. The molecule has 4 rings (SSSR count). The quantitative estimate of drug-likeness (QED) is 0.379. The number of fused-ring (bicyclic) bond motifs is 1. The highest BCUT2D eigenvalue weighted by molar-refractivity contribution is 6.02. The Kier molecular flexibility index (Phi) is 7.88. The number of halogens is 7. The third-order valence-electron chi connectivity index (χ3n) is 7.26. The van der Waals surface area contributed by atoms with Gasteiger partial charge in [-0.25, -0.2) is 17.6 Å². The molecule has 6 nitrogen and oxygen atoms in total. The predicted molar refractivity (Wildman–Crippen MR) is 129 cm³/mol. The first-order valence-electron chi connectivity index (χ1n) is 12.6. The van der Waals surface area contributed by atoms with Crippen molar-refractivity contribution in [2.75, 3.05) is 4.90 Å². The second-order valence-corrected chi connectivity index (χ2v) is 10.3. The molecule has 1 saturated carbocycles. The Bertz CT molecular complexity index is 1340. The van der Waals surface area contributed by atoms with Crippen molar-refractivity contribution in [1.82, 2.24) is 10.6 Å². The normalized spacial score (nSPS) is 19.1. The van der Waals surface area contributed by atoms with E-state index in [9.17, 15) is 45.1 Å². The zero-order chi connectivity index (χ0) is 29.6. The first-order valence-corrected chi connectivity index (χ1v) is 12.6. The molecule has 2 aliphatic rings. The average Bonchev–Trinajstić information content (AvgIpc) is 3.69. The number of anilines is 1. The monoisotopic (exact) mass is 573 g/mol. The van der Waals surface area contributed by atoms with E-state index in [1.54, 1.807) is 0 Å². The zero-order valence-electron chi connectivity index (χ0n) is 21.5. The maximum atomic E-state index is 14.8. The van der Waals surface area contributed by atoms with Gasteiger partial charge in [-0.2, -0.15) is 13.2 Å². The fourth-order valence-electron chi connectivity index (χ4n) is 4.89. The van der Waals surface area contributed by atoms with Crippen molar-refractivity contribution in [3.63, 3.8) is 0 Å². The molecule has 1 aliphatic carbocycles. The molecule has 2 aromatic carbocycles. The Morgan fingerprint density at radius 1 is 1.05 bits per heavy atom. The third kappa shape index (κ3) is 5.37. The lowest BCUT2D eigenvalue weighted by Crippen LogP contribution is -2.57. The van der Waals surface area contributed by atoms with Gasteiger partial charge in [-0.05, 0) is 51.2 Å². The number of nitrogens with zero attached hydrogens (tertiary/aromatic N) is 1. The van der Waals surface area contributed by atoms with Crippen molar-refractivity contribution >= 4 is 23.4 Å². The van der Waals surface area contributed by atoms with Crippen LogP contribution in [0.3, 0.4) is 0 Å². The van der Waals surface area contributed by atoms with E-state index in [-0.39, 0.29) is 18.4 Å². The fraction of sp³-hybridized carbons (Fsp3) is 0.444. The summed E-state index contributed by atoms with van der Waals surface area (Å²) in [4.78, 5) is 40.3. The van der Waals surface area contributed by atoms with Crippen LogP contribution in [0.2, 0.25) is 0 Å². The number of alkyl halides is 3. The lowest BCUT2D eigenvalue weighted by molar-refractivity contribution is -0.192. The van der Waals surface area contributed by atoms with E-state index < -0.39 is 101 Å². The number of carbonyl (C=O) groups is 3. The number of benzene rings is 2. The maximum absolute atomic E-state index is 14.8. The summed E-state index contributed by atoms with van der Waals surface area (Å²) < 4.78 is 98.3. The molecule has 2 N–H and O–H groups in total. The Hall–Kier alpha value is -3.64. The van der Waals surface area contributed by atoms with Crippen LogP contribution in [-0.2, 0) is 27.2 Å². The standard InChI is InChI=1S/C27H26F7N3O3/c1-13(2)37-22-15(21(31)17(29)12-18(22)30)7-8-19(24(37)39)35-23(38)20(11-14-5-3-4-6-16(14)28)36-25(40)26(9-10-26)27(32,33)34/h3-6,12-13,19-20H,7-11H2,1-2H3,(H,35,38)(H,36,40)/t19-,20-/m1/s1. The van der Waals surface area contributed by atoms with Gasteiger partial charge in [0.15, 0.2) is 11.6 Å². The van der Waals surface area contributed by atoms with E-state index in [1.165, 1.54) is 32.0 Å². The summed E-state index contributed by atoms with van der Waals surface area (Å²) in [5.74, 6) is -8.21. The summed E-state index contributed by atoms with van der Waals surface area (Å²) >= 11 is 0. The van der Waals surface area contributed by atoms with E-state index in [0.717, 1.165) is 11.0 Å². The number of carbonyl (C=O) groups excluding carboxylic acids is 3. The summed E-state index contributed by atoms with van der Waals surface area (Å²) in [7, 11) is 0. The highest BCUT2D eigenvalue weighted by atomic mass is 19.4. The molecule has 216 valence electrons. The van der Waals surface area contributed by atoms with E-state index in [4.69, 9.17) is 0 Å². The zero-order valence-corrected chi connectivity index (χ0v) is 21.5. The van der Waals surface area contributed by atoms with Crippen molar-refractivity contribution in [2.24, 2.45) is 5.41 Å². The molecule has 2 aromatic rings. The minimum absolute atomic E-state index is 0.0807. The largest absolute Gasteiger partial charge is 0.403 e. The minimum atomic E-state index is -4.87. The number of nitrogens with one attached hydrogen (secondary N) is 2. The Labute approximate surface area is 224 Å². The lowest BCUT2D eigenvalue weighted by Gasteiger charge is -2.31. The summed E-state index contributed by atoms with van der Waals surface area (Å²) in [6.07, 6.45) is -7.05. The summed E-state index contributed by atoms with van der Waals surface area (Å²) in [5.41, 5.74) is -3.64. The molecule has 1 aliphatic heterocycles. The number of amides is 3. The minimum Gasteiger partial charge on any atom is -0.343 e. The van der Waals surface area contributed by atoms with Crippen molar-refractivity contribution in [2.45, 2.75) is 70.3 Å². The molecular weight excluding hydrogens is 547 g/mol. The van der Waals surface area contributed by atoms with Crippen LogP contribution in [0.4, 0.5) is 36.4 Å². The van der Waals surface area contributed by atoms with Crippen LogP contribution >= 0.6 is 0 Å². The van der Waals surface area contributed by atoms with E-state index in [1.807, 2.05) is 0 Å². The van der Waals surface area contributed by atoms with Crippen LogP contribution in [-0.4, -0.2) is 42.0 Å². The van der Waals surface area contributed by atoms with Gasteiger partial charge in [-0.15, -0.1) is 0 Å². The average molecular weight is 574 g/mol. The van der Waals surface area contributed by atoms with Crippen LogP contribution in [0.5, 0.6) is 0 Å². The molecule has 1 heterocycles. The van der Waals surface area contributed by atoms with Crippen molar-refractivity contribution in [1.29, 1.82) is 0 Å². The third-order valence-corrected chi connectivity index (χ3v) is 7.26. The van der Waals surface area contributed by atoms with Crippen LogP contribution in [0.25, 0.3) is 0 Å². The van der Waals surface area contributed by atoms with Crippen molar-refractivity contribution in [3.05, 3.63) is 64.7 Å². The first-order chi connectivity index (χ1) is 18.7. The number of hydrogen-bond acceptors (Lipinski definition) is 3. The van der Waals surface area contributed by atoms with Gasteiger partial charge >= 0.3 is 6.18 Å². The van der Waals surface area contributed by atoms with Crippen LogP contribution < -0.4 is 15.5 Å². The van der Waals surface area contributed by atoms with E-state index >= 15 is 0 Å². The molecule has 0 unspecified atom stereocenters. The van der Waals surface area contributed by atoms with E-state index in [2.05, 4.69) is 10.6 Å². The van der Waals surface area contributed by atoms with Gasteiger partial charge < -0.3 is 15.5 Å². The van der Waals surface area contributed by atoms with Gasteiger partial charge in [0.05, 0.1) is 5.69 Å². The highest BCUT2D eigenvalue weighted by Gasteiger charge is 2.68. The van der Waals surface area contributed by atoms with Gasteiger partial charge in [0.1, 0.15) is 29.1 Å². The molecule has 40 heavy (non-hydrogen) atoms. The van der Waals surface area contributed by atoms with Gasteiger partial charge in [-0.3, -0.25) is 14.4 Å². The van der Waals surface area contributed by atoms with E-state index in [0.29, 0.717) is 6.07 Å². The van der Waals surface area contributed by atoms with Gasteiger partial charge in [-0.1, -0.05) is 18.2 Å². The fourth-order valence-corrected chi connectivity index (χ4v) is 4.89. The molecule has 0 spiro atoms. The molecule has 2 atom stereocenters. The molecule has 0 saturated heterocycles. The van der Waals surface area contributed by atoms with Crippen LogP contribution in [0, 0.1) is 28.7 Å². The van der Waals surface area contributed by atoms with Gasteiger partial charge in [0.25, 0.3) is 0 Å². The highest BCUT2D eigenvalue weighted by Crippen LogP contribution is 2.57. The van der Waals surface area contributed by atoms with Gasteiger partial charge in [0.2, 0.25) is 17.7 Å². The van der Waals surface area contributed by atoms with Crippen molar-refractivity contribution in [3.8, 4) is 0 Å². The molecule has 0 aromatic heterocycles. The topological polar surface area (TPSA) is 78.5 Å². The molecular formula is C27H26F7N3O3.